The predicted octanol–water partition coefficient (Wildman–Crippen LogP) is 6.41. The second-order valence-corrected chi connectivity index (χ2v) is 6.79. The molecule has 0 amide bonds. The van der Waals surface area contributed by atoms with E-state index in [-0.39, 0.29) is 5.41 Å². The molecule has 0 aromatic carbocycles. The van der Waals surface area contributed by atoms with Crippen LogP contribution in [0.25, 0.3) is 0 Å². The standard InChI is InChI=1S/C16H28.C2H6/c1-9-11-13(10-2)14(16(6,7)8)12-15(3,4)5;1-2/h9-11,14H,1-2,12H2,3-8H3;1-2H3/b13-11+;. The fourth-order valence-corrected chi connectivity index (χ4v) is 2.00. The van der Waals surface area contributed by atoms with Crippen molar-refractivity contribution in [1.82, 2.24) is 0 Å². The molecule has 106 valence electrons. The van der Waals surface area contributed by atoms with E-state index in [1.54, 1.807) is 0 Å². The van der Waals surface area contributed by atoms with E-state index in [4.69, 9.17) is 0 Å². The maximum Gasteiger partial charge on any atom is -0.0108 e. The summed E-state index contributed by atoms with van der Waals surface area (Å²) in [6, 6.07) is 0. The first-order valence-corrected chi connectivity index (χ1v) is 7.07. The molecule has 18 heavy (non-hydrogen) atoms. The minimum Gasteiger partial charge on any atom is -0.0991 e. The Bertz CT molecular complexity index is 265. The Hall–Kier alpha value is -0.780. The van der Waals surface area contributed by atoms with Gasteiger partial charge in [-0.05, 0) is 28.7 Å². The molecule has 0 N–H and O–H groups in total. The third-order valence-electron chi connectivity index (χ3n) is 2.81. The molecule has 0 heterocycles. The third kappa shape index (κ3) is 8.33. The van der Waals surface area contributed by atoms with Gasteiger partial charge >= 0.3 is 0 Å². The monoisotopic (exact) mass is 250 g/mol. The van der Waals surface area contributed by atoms with Gasteiger partial charge in [0.15, 0.2) is 0 Å². The quantitative estimate of drug-likeness (QED) is 0.506. The molecule has 0 heteroatoms. The highest BCUT2D eigenvalue weighted by molar-refractivity contribution is 5.25. The number of hydrogen-bond donors (Lipinski definition) is 0. The molecule has 0 radical (unpaired) electrons. The average Bonchev–Trinajstić information content (AvgIpc) is 2.23. The lowest BCUT2D eigenvalue weighted by atomic mass is 9.69. The zero-order chi connectivity index (χ0) is 15.0. The molecule has 0 aliphatic heterocycles. The second-order valence-electron chi connectivity index (χ2n) is 6.79. The molecule has 1 unspecified atom stereocenters. The number of hydrogen-bond acceptors (Lipinski definition) is 0. The van der Waals surface area contributed by atoms with E-state index in [1.165, 1.54) is 12.0 Å². The lowest BCUT2D eigenvalue weighted by Gasteiger charge is -2.36. The maximum absolute atomic E-state index is 3.93. The van der Waals surface area contributed by atoms with Crippen LogP contribution >= 0.6 is 0 Å². The fraction of sp³-hybridized carbons (Fsp3) is 0.667. The summed E-state index contributed by atoms with van der Waals surface area (Å²) >= 11 is 0. The van der Waals surface area contributed by atoms with E-state index in [0.29, 0.717) is 11.3 Å². The van der Waals surface area contributed by atoms with Gasteiger partial charge in [0.1, 0.15) is 0 Å². The van der Waals surface area contributed by atoms with Crippen LogP contribution in [0.2, 0.25) is 0 Å². The molecule has 0 aromatic rings. The first-order valence-electron chi connectivity index (χ1n) is 7.07. The minimum atomic E-state index is 0.260. The first-order chi connectivity index (χ1) is 8.11. The van der Waals surface area contributed by atoms with Gasteiger partial charge in [0.05, 0.1) is 0 Å². The molecule has 1 atom stereocenters. The highest BCUT2D eigenvalue weighted by Gasteiger charge is 2.30. The molecule has 0 aromatic heterocycles. The normalized spacial score (nSPS) is 14.3. The summed E-state index contributed by atoms with van der Waals surface area (Å²) in [4.78, 5) is 0. The maximum atomic E-state index is 3.93. The zero-order valence-electron chi connectivity index (χ0n) is 13.9. The first kappa shape index (κ1) is 19.6. The van der Waals surface area contributed by atoms with E-state index >= 15 is 0 Å². The van der Waals surface area contributed by atoms with Crippen LogP contribution in [0.1, 0.15) is 61.8 Å². The fourth-order valence-electron chi connectivity index (χ4n) is 2.00. The van der Waals surface area contributed by atoms with Crippen molar-refractivity contribution in [2.45, 2.75) is 61.8 Å². The number of rotatable bonds is 4. The van der Waals surface area contributed by atoms with E-state index in [2.05, 4.69) is 60.8 Å². The summed E-state index contributed by atoms with van der Waals surface area (Å²) in [7, 11) is 0. The Morgan fingerprint density at radius 1 is 1.00 bits per heavy atom. The highest BCUT2D eigenvalue weighted by Crippen LogP contribution is 2.40. The Morgan fingerprint density at radius 2 is 1.44 bits per heavy atom. The third-order valence-corrected chi connectivity index (χ3v) is 2.81. The van der Waals surface area contributed by atoms with Crippen molar-refractivity contribution in [3.8, 4) is 0 Å². The molecule has 0 aliphatic carbocycles. The van der Waals surface area contributed by atoms with Crippen LogP contribution < -0.4 is 0 Å². The summed E-state index contributed by atoms with van der Waals surface area (Å²) < 4.78 is 0. The molecular formula is C18H34. The zero-order valence-corrected chi connectivity index (χ0v) is 13.9. The Balaban J connectivity index is 0. The van der Waals surface area contributed by atoms with Gasteiger partial charge in [-0.1, -0.05) is 86.8 Å². The summed E-state index contributed by atoms with van der Waals surface area (Å²) in [5.74, 6) is 0.531. The minimum absolute atomic E-state index is 0.260. The van der Waals surface area contributed by atoms with Crippen molar-refractivity contribution in [1.29, 1.82) is 0 Å². The molecule has 0 saturated carbocycles. The Labute approximate surface area is 116 Å². The van der Waals surface area contributed by atoms with Crippen LogP contribution in [0, 0.1) is 16.7 Å². The SMILES string of the molecule is C=C/C=C(\C=C)C(CC(C)(C)C)C(C)(C)C.CC. The van der Waals surface area contributed by atoms with Gasteiger partial charge in [-0.2, -0.15) is 0 Å². The van der Waals surface area contributed by atoms with Crippen molar-refractivity contribution in [3.05, 3.63) is 37.0 Å². The highest BCUT2D eigenvalue weighted by atomic mass is 14.3. The molecule has 0 nitrogen and oxygen atoms in total. The van der Waals surface area contributed by atoms with Crippen LogP contribution in [-0.4, -0.2) is 0 Å². The largest absolute Gasteiger partial charge is 0.0991 e. The molecular weight excluding hydrogens is 216 g/mol. The van der Waals surface area contributed by atoms with Crippen LogP contribution in [0.4, 0.5) is 0 Å². The molecule has 0 saturated heterocycles. The summed E-state index contributed by atoms with van der Waals surface area (Å²) in [6.45, 7) is 25.5. The molecule has 0 rings (SSSR count). The van der Waals surface area contributed by atoms with E-state index in [9.17, 15) is 0 Å². The smallest absolute Gasteiger partial charge is 0.0108 e. The molecule has 0 spiro atoms. The predicted molar refractivity (Wildman–Crippen MR) is 86.8 cm³/mol. The summed E-state index contributed by atoms with van der Waals surface area (Å²) in [5.41, 5.74) is 1.90. The van der Waals surface area contributed by atoms with E-state index in [0.717, 1.165) is 0 Å². The van der Waals surface area contributed by atoms with Crippen molar-refractivity contribution < 1.29 is 0 Å². The average molecular weight is 250 g/mol. The van der Waals surface area contributed by atoms with Gasteiger partial charge in [0.25, 0.3) is 0 Å². The van der Waals surface area contributed by atoms with E-state index < -0.39 is 0 Å². The van der Waals surface area contributed by atoms with Gasteiger partial charge in [0.2, 0.25) is 0 Å². The lowest BCUT2D eigenvalue weighted by molar-refractivity contribution is 0.199. The van der Waals surface area contributed by atoms with E-state index in [1.807, 2.05) is 26.0 Å². The van der Waals surface area contributed by atoms with Crippen LogP contribution in [0.5, 0.6) is 0 Å². The van der Waals surface area contributed by atoms with Gasteiger partial charge in [-0.15, -0.1) is 0 Å². The number of allylic oxidation sites excluding steroid dienone is 4. The van der Waals surface area contributed by atoms with Gasteiger partial charge in [0, 0.05) is 0 Å². The summed E-state index contributed by atoms with van der Waals surface area (Å²) in [5, 5.41) is 0. The summed E-state index contributed by atoms with van der Waals surface area (Å²) in [6.07, 6.45) is 7.10. The van der Waals surface area contributed by atoms with Gasteiger partial charge in [-0.3, -0.25) is 0 Å². The van der Waals surface area contributed by atoms with Crippen molar-refractivity contribution in [2.75, 3.05) is 0 Å². The van der Waals surface area contributed by atoms with Gasteiger partial charge in [-0.25, -0.2) is 0 Å². The Kier molecular flexibility index (Phi) is 9.07. The van der Waals surface area contributed by atoms with Crippen LogP contribution in [0.15, 0.2) is 37.0 Å². The van der Waals surface area contributed by atoms with Crippen molar-refractivity contribution in [2.24, 2.45) is 16.7 Å². The van der Waals surface area contributed by atoms with Crippen LogP contribution in [-0.2, 0) is 0 Å². The topological polar surface area (TPSA) is 0 Å². The molecule has 0 aliphatic rings. The van der Waals surface area contributed by atoms with Crippen molar-refractivity contribution in [3.63, 3.8) is 0 Å². The van der Waals surface area contributed by atoms with Crippen LogP contribution in [0.3, 0.4) is 0 Å². The molecule has 0 fully saturated rings. The Morgan fingerprint density at radius 3 is 1.67 bits per heavy atom. The van der Waals surface area contributed by atoms with Gasteiger partial charge < -0.3 is 0 Å². The lowest BCUT2D eigenvalue weighted by Crippen LogP contribution is -2.26. The second kappa shape index (κ2) is 8.34. The van der Waals surface area contributed by atoms with Crippen molar-refractivity contribution >= 4 is 0 Å². The molecule has 0 bridgehead atoms.